The first-order valence-corrected chi connectivity index (χ1v) is 7.30. The number of allylic oxidation sites excluding steroid dienone is 1. The van der Waals surface area contributed by atoms with E-state index in [4.69, 9.17) is 16.0 Å². The van der Waals surface area contributed by atoms with Crippen LogP contribution in [0.2, 0.25) is 0 Å². The highest BCUT2D eigenvalue weighted by Crippen LogP contribution is 2.45. The van der Waals surface area contributed by atoms with Crippen LogP contribution in [0.25, 0.3) is 6.08 Å². The van der Waals surface area contributed by atoms with Crippen LogP contribution in [0, 0.1) is 10.8 Å². The fourth-order valence-corrected chi connectivity index (χ4v) is 2.51. The highest BCUT2D eigenvalue weighted by molar-refractivity contribution is 6.17. The summed E-state index contributed by atoms with van der Waals surface area (Å²) in [5.74, 6) is 0.998. The van der Waals surface area contributed by atoms with Gasteiger partial charge in [0, 0.05) is 18.8 Å². The zero-order valence-electron chi connectivity index (χ0n) is 12.1. The highest BCUT2D eigenvalue weighted by Gasteiger charge is 2.39. The molecule has 4 heteroatoms. The smallest absolute Gasteiger partial charge is 0.408 e. The molecule has 1 atom stereocenters. The van der Waals surface area contributed by atoms with Gasteiger partial charge >= 0.3 is 5.76 Å². The van der Waals surface area contributed by atoms with E-state index in [1.165, 1.54) is 0 Å². The van der Waals surface area contributed by atoms with E-state index in [1.807, 2.05) is 6.08 Å². The molecule has 0 fully saturated rings. The largest absolute Gasteiger partial charge is 0.419 e. The first kappa shape index (κ1) is 14.4. The van der Waals surface area contributed by atoms with Crippen molar-refractivity contribution in [3.8, 4) is 0 Å². The summed E-state index contributed by atoms with van der Waals surface area (Å²) in [5, 5.41) is 0. The molecule has 0 amide bonds. The van der Waals surface area contributed by atoms with Gasteiger partial charge in [0.05, 0.1) is 5.69 Å². The van der Waals surface area contributed by atoms with E-state index in [1.54, 1.807) is 4.57 Å². The molecular formula is C15H22ClNO2. The number of fused-ring (bicyclic) bond motifs is 1. The van der Waals surface area contributed by atoms with Crippen LogP contribution in [-0.4, -0.2) is 10.4 Å². The molecule has 0 bridgehead atoms. The van der Waals surface area contributed by atoms with Crippen LogP contribution in [-0.2, 0) is 13.0 Å². The molecule has 1 unspecified atom stereocenters. The molecule has 1 heterocycles. The molecule has 0 aliphatic heterocycles. The molecule has 3 nitrogen and oxygen atoms in total. The second kappa shape index (κ2) is 4.86. The molecule has 0 aromatic carbocycles. The lowest BCUT2D eigenvalue weighted by atomic mass is 9.64. The van der Waals surface area contributed by atoms with Crippen molar-refractivity contribution in [2.75, 3.05) is 5.88 Å². The summed E-state index contributed by atoms with van der Waals surface area (Å²) in [6, 6.07) is 0. The van der Waals surface area contributed by atoms with Crippen molar-refractivity contribution >= 4 is 17.7 Å². The maximum atomic E-state index is 11.9. The Hall–Kier alpha value is -0.960. The van der Waals surface area contributed by atoms with Gasteiger partial charge in [-0.3, -0.25) is 4.57 Å². The average molecular weight is 284 g/mol. The Morgan fingerprint density at radius 1 is 1.47 bits per heavy atom. The van der Waals surface area contributed by atoms with Gasteiger partial charge in [-0.2, -0.15) is 0 Å². The summed E-state index contributed by atoms with van der Waals surface area (Å²) in [6.07, 6.45) is 5.73. The molecule has 0 spiro atoms. The van der Waals surface area contributed by atoms with Gasteiger partial charge in [0.15, 0.2) is 5.76 Å². The second-order valence-electron chi connectivity index (χ2n) is 6.55. The molecule has 1 aromatic heterocycles. The number of rotatable bonds is 3. The Morgan fingerprint density at radius 3 is 2.74 bits per heavy atom. The summed E-state index contributed by atoms with van der Waals surface area (Å²) in [4.78, 5) is 11.9. The molecule has 0 N–H and O–H groups in total. The van der Waals surface area contributed by atoms with E-state index in [2.05, 4.69) is 33.8 Å². The number of halogens is 1. The zero-order chi connectivity index (χ0) is 14.3. The molecule has 1 aromatic rings. The highest BCUT2D eigenvalue weighted by atomic mass is 35.5. The maximum Gasteiger partial charge on any atom is 0.419 e. The van der Waals surface area contributed by atoms with Gasteiger partial charge in [-0.25, -0.2) is 4.79 Å². The van der Waals surface area contributed by atoms with Crippen molar-refractivity contribution in [1.29, 1.82) is 0 Å². The minimum Gasteiger partial charge on any atom is -0.408 e. The first-order chi connectivity index (χ1) is 8.78. The first-order valence-electron chi connectivity index (χ1n) is 6.76. The van der Waals surface area contributed by atoms with Crippen molar-refractivity contribution < 1.29 is 4.42 Å². The van der Waals surface area contributed by atoms with Gasteiger partial charge in [-0.1, -0.05) is 33.8 Å². The normalized spacial score (nSPS) is 22.6. The average Bonchev–Trinajstić information content (AvgIpc) is 2.60. The number of aromatic nitrogens is 1. The Kier molecular flexibility index (Phi) is 3.69. The van der Waals surface area contributed by atoms with Crippen LogP contribution in [0.5, 0.6) is 0 Å². The standard InChI is InChI=1S/C15H22ClNO2/c1-14(2,3)15(4)7-6-12-11(10-15)17(9-5-8-16)13(18)19-12/h6-7H,5,8-10H2,1-4H3. The number of hydrogen-bond acceptors (Lipinski definition) is 2. The van der Waals surface area contributed by atoms with Gasteiger partial charge in [-0.15, -0.1) is 11.6 Å². The van der Waals surface area contributed by atoms with E-state index < -0.39 is 0 Å². The van der Waals surface area contributed by atoms with Gasteiger partial charge in [0.25, 0.3) is 0 Å². The van der Waals surface area contributed by atoms with Crippen molar-refractivity contribution in [1.82, 2.24) is 4.57 Å². The number of oxazole rings is 1. The fraction of sp³-hybridized carbons (Fsp3) is 0.667. The number of hydrogen-bond donors (Lipinski definition) is 0. The summed E-state index contributed by atoms with van der Waals surface area (Å²) >= 11 is 5.72. The topological polar surface area (TPSA) is 35.1 Å². The Morgan fingerprint density at radius 2 is 2.16 bits per heavy atom. The van der Waals surface area contributed by atoms with Gasteiger partial charge in [-0.05, 0) is 23.3 Å². The molecule has 0 saturated carbocycles. The van der Waals surface area contributed by atoms with Crippen molar-refractivity contribution in [2.24, 2.45) is 10.8 Å². The van der Waals surface area contributed by atoms with E-state index in [-0.39, 0.29) is 16.6 Å². The van der Waals surface area contributed by atoms with Crippen LogP contribution in [0.4, 0.5) is 0 Å². The predicted octanol–water partition coefficient (Wildman–Crippen LogP) is 3.69. The van der Waals surface area contributed by atoms with Crippen molar-refractivity contribution in [3.63, 3.8) is 0 Å². The molecule has 19 heavy (non-hydrogen) atoms. The minimum absolute atomic E-state index is 0.0268. The molecule has 0 saturated heterocycles. The third kappa shape index (κ3) is 2.53. The maximum absolute atomic E-state index is 11.9. The quantitative estimate of drug-likeness (QED) is 0.793. The molecule has 1 aliphatic carbocycles. The van der Waals surface area contributed by atoms with Crippen molar-refractivity contribution in [2.45, 2.75) is 47.1 Å². The lowest BCUT2D eigenvalue weighted by molar-refractivity contribution is 0.163. The zero-order valence-corrected chi connectivity index (χ0v) is 12.9. The summed E-state index contributed by atoms with van der Waals surface area (Å²) in [5.41, 5.74) is 1.17. The summed E-state index contributed by atoms with van der Waals surface area (Å²) in [6.45, 7) is 9.54. The second-order valence-corrected chi connectivity index (χ2v) is 6.93. The van der Waals surface area contributed by atoms with Gasteiger partial charge < -0.3 is 4.42 Å². The van der Waals surface area contributed by atoms with E-state index >= 15 is 0 Å². The monoisotopic (exact) mass is 283 g/mol. The Labute approximate surface area is 119 Å². The minimum atomic E-state index is -0.266. The molecule has 106 valence electrons. The Balaban J connectivity index is 2.41. The molecule has 1 aliphatic rings. The number of alkyl halides is 1. The molecule has 2 rings (SSSR count). The lowest BCUT2D eigenvalue weighted by Crippen LogP contribution is -2.35. The fourth-order valence-electron chi connectivity index (χ4n) is 2.39. The van der Waals surface area contributed by atoms with Crippen LogP contribution in [0.3, 0.4) is 0 Å². The van der Waals surface area contributed by atoms with Crippen LogP contribution >= 0.6 is 11.6 Å². The van der Waals surface area contributed by atoms with Crippen molar-refractivity contribution in [3.05, 3.63) is 28.1 Å². The van der Waals surface area contributed by atoms with Gasteiger partial charge in [0.1, 0.15) is 0 Å². The van der Waals surface area contributed by atoms with Crippen LogP contribution in [0.1, 0.15) is 45.6 Å². The molecule has 0 radical (unpaired) electrons. The number of nitrogens with zero attached hydrogens (tertiary/aromatic N) is 1. The lowest BCUT2D eigenvalue weighted by Gasteiger charge is -2.41. The molecular weight excluding hydrogens is 262 g/mol. The third-order valence-corrected chi connectivity index (χ3v) is 4.66. The third-order valence-electron chi connectivity index (χ3n) is 4.39. The van der Waals surface area contributed by atoms with E-state index in [9.17, 15) is 4.79 Å². The van der Waals surface area contributed by atoms with E-state index in [0.717, 1.165) is 18.5 Å². The van der Waals surface area contributed by atoms with Crippen LogP contribution < -0.4 is 5.76 Å². The Bertz CT molecular complexity index is 547. The van der Waals surface area contributed by atoms with Gasteiger partial charge in [0.2, 0.25) is 0 Å². The van der Waals surface area contributed by atoms with Crippen LogP contribution in [0.15, 0.2) is 15.3 Å². The SMILES string of the molecule is CC(C)(C)C1(C)C=Cc2oc(=O)n(CCCCl)c2C1. The predicted molar refractivity (Wildman–Crippen MR) is 78.6 cm³/mol. The summed E-state index contributed by atoms with van der Waals surface area (Å²) < 4.78 is 7.06. The summed E-state index contributed by atoms with van der Waals surface area (Å²) in [7, 11) is 0. The van der Waals surface area contributed by atoms with E-state index in [0.29, 0.717) is 18.2 Å².